The number of halogens is 4. The number of fused-ring (bicyclic) bond motifs is 5. The highest BCUT2D eigenvalue weighted by Gasteiger charge is 2.74. The minimum absolute atomic E-state index is 0.173. The summed E-state index contributed by atoms with van der Waals surface area (Å²) in [6.07, 6.45) is 6.20. The lowest BCUT2D eigenvalue weighted by atomic mass is 9.48. The van der Waals surface area contributed by atoms with Crippen LogP contribution < -0.4 is 0 Å². The highest BCUT2D eigenvalue weighted by atomic mass is 35.5. The lowest BCUT2D eigenvalue weighted by molar-refractivity contribution is -0.163. The molecular formula is C22H24Cl2F2O3. The van der Waals surface area contributed by atoms with E-state index in [1.165, 1.54) is 18.2 Å². The third-order valence-electron chi connectivity index (χ3n) is 8.34. The van der Waals surface area contributed by atoms with Crippen LogP contribution in [0.3, 0.4) is 0 Å². The van der Waals surface area contributed by atoms with Gasteiger partial charge < -0.3 is 5.11 Å². The minimum Gasteiger partial charge on any atom is -0.381 e. The number of carbonyl (C=O) groups is 2. The number of hydrogen-bond donors (Lipinski definition) is 1. The molecule has 0 aliphatic heterocycles. The summed E-state index contributed by atoms with van der Waals surface area (Å²) in [6.45, 7) is 3.95. The van der Waals surface area contributed by atoms with Gasteiger partial charge in [0, 0.05) is 22.3 Å². The quantitative estimate of drug-likeness (QED) is 0.639. The summed E-state index contributed by atoms with van der Waals surface area (Å²) >= 11 is 14.1. The van der Waals surface area contributed by atoms with Gasteiger partial charge >= 0.3 is 0 Å². The van der Waals surface area contributed by atoms with Crippen molar-refractivity contribution in [3.8, 4) is 0 Å². The summed E-state index contributed by atoms with van der Waals surface area (Å²) in [5.41, 5.74) is -3.77. The van der Waals surface area contributed by atoms with E-state index in [9.17, 15) is 19.1 Å². The monoisotopic (exact) mass is 444 g/mol. The normalized spacial score (nSPS) is 51.0. The number of Topliss-reactive ketones (excluding diaryl/α,β-unsaturated/α-hetero) is 1. The molecule has 0 aromatic heterocycles. The van der Waals surface area contributed by atoms with Crippen molar-refractivity contribution in [3.63, 3.8) is 0 Å². The van der Waals surface area contributed by atoms with Crippen molar-refractivity contribution in [1.29, 1.82) is 0 Å². The van der Waals surface area contributed by atoms with Gasteiger partial charge in [0.05, 0.1) is 10.3 Å². The molecule has 0 amide bonds. The molecule has 4 rings (SSSR count). The van der Waals surface area contributed by atoms with Crippen molar-refractivity contribution in [3.05, 3.63) is 35.7 Å². The number of carbonyl (C=O) groups excluding carboxylic acids is 2. The fourth-order valence-corrected chi connectivity index (χ4v) is 7.86. The van der Waals surface area contributed by atoms with Gasteiger partial charge in [-0.25, -0.2) is 8.78 Å². The van der Waals surface area contributed by atoms with Crippen LogP contribution in [0.25, 0.3) is 0 Å². The van der Waals surface area contributed by atoms with E-state index < -0.39 is 56.8 Å². The molecule has 29 heavy (non-hydrogen) atoms. The second-order valence-corrected chi connectivity index (χ2v) is 10.6. The van der Waals surface area contributed by atoms with E-state index >= 15 is 4.39 Å². The second-order valence-electron chi connectivity index (χ2n) is 9.46. The van der Waals surface area contributed by atoms with Crippen LogP contribution in [-0.2, 0) is 9.59 Å². The van der Waals surface area contributed by atoms with Crippen molar-refractivity contribution in [2.45, 2.75) is 49.5 Å². The van der Waals surface area contributed by atoms with Crippen LogP contribution in [0.5, 0.6) is 0 Å². The van der Waals surface area contributed by atoms with E-state index in [0.29, 0.717) is 6.42 Å². The predicted molar refractivity (Wildman–Crippen MR) is 107 cm³/mol. The largest absolute Gasteiger partial charge is 0.381 e. The molecule has 0 spiro atoms. The maximum atomic E-state index is 15.2. The standard InChI is InChI=1S/C22H24Cl2F2O3/c1-11-6-13-14-8-16(26)15-7-12(27)4-5-19(15,2)21(14,24)17(23)9-20(13,3)22(11,29)18(28)10-25/h4-5,7-8,11,13-14,17,29H,6,9-10H2,1-3H3/t11?,13-,14-,17?,19-,20-,21-,22-/m0/s1. The van der Waals surface area contributed by atoms with Crippen molar-refractivity contribution >= 4 is 34.8 Å². The predicted octanol–water partition coefficient (Wildman–Crippen LogP) is 4.46. The van der Waals surface area contributed by atoms with Crippen LogP contribution in [0.15, 0.2) is 35.7 Å². The van der Waals surface area contributed by atoms with Gasteiger partial charge in [-0.1, -0.05) is 26.8 Å². The molecule has 4 aliphatic carbocycles. The molecule has 8 atom stereocenters. The molecule has 0 saturated heterocycles. The Bertz CT molecular complexity index is 898. The molecule has 0 heterocycles. The van der Waals surface area contributed by atoms with Gasteiger partial charge in [0.25, 0.3) is 0 Å². The van der Waals surface area contributed by atoms with E-state index in [0.717, 1.165) is 0 Å². The number of alkyl halides is 3. The molecular weight excluding hydrogens is 421 g/mol. The molecule has 4 aliphatic rings. The maximum absolute atomic E-state index is 15.2. The second kappa shape index (κ2) is 6.24. The van der Waals surface area contributed by atoms with Crippen LogP contribution >= 0.6 is 23.2 Å². The van der Waals surface area contributed by atoms with Gasteiger partial charge in [-0.05, 0) is 42.9 Å². The van der Waals surface area contributed by atoms with Crippen LogP contribution in [0.1, 0.15) is 33.6 Å². The van der Waals surface area contributed by atoms with Crippen LogP contribution in [0.2, 0.25) is 0 Å². The Kier molecular flexibility index (Phi) is 4.56. The topological polar surface area (TPSA) is 54.4 Å². The average molecular weight is 445 g/mol. The Morgan fingerprint density at radius 3 is 2.66 bits per heavy atom. The van der Waals surface area contributed by atoms with Gasteiger partial charge in [-0.3, -0.25) is 9.59 Å². The molecule has 0 aromatic rings. The zero-order valence-corrected chi connectivity index (χ0v) is 18.0. The highest BCUT2D eigenvalue weighted by molar-refractivity contribution is 6.34. The Labute approximate surface area is 178 Å². The first-order valence-electron chi connectivity index (χ1n) is 9.85. The fraction of sp³-hybridized carbons (Fsp3) is 0.636. The van der Waals surface area contributed by atoms with Crippen LogP contribution in [0.4, 0.5) is 8.78 Å². The van der Waals surface area contributed by atoms with Gasteiger partial charge in [0.2, 0.25) is 0 Å². The summed E-state index contributed by atoms with van der Waals surface area (Å²) < 4.78 is 28.6. The van der Waals surface area contributed by atoms with Crippen LogP contribution in [0, 0.1) is 28.6 Å². The summed E-state index contributed by atoms with van der Waals surface area (Å²) in [6, 6.07) is 0. The minimum atomic E-state index is -1.89. The zero-order valence-electron chi connectivity index (χ0n) is 16.5. The molecule has 3 nitrogen and oxygen atoms in total. The Balaban J connectivity index is 1.93. The van der Waals surface area contributed by atoms with E-state index in [4.69, 9.17) is 23.2 Å². The highest BCUT2D eigenvalue weighted by Crippen LogP contribution is 2.71. The fourth-order valence-electron chi connectivity index (χ4n) is 6.71. The molecule has 0 aromatic carbocycles. The average Bonchev–Trinajstić information content (AvgIpc) is 2.86. The number of hydrogen-bond acceptors (Lipinski definition) is 3. The van der Waals surface area contributed by atoms with Crippen LogP contribution in [-0.4, -0.2) is 39.2 Å². The molecule has 0 radical (unpaired) electrons. The molecule has 7 heteroatoms. The molecule has 2 unspecified atom stereocenters. The summed E-state index contributed by atoms with van der Waals surface area (Å²) in [4.78, 5) is 23.2. The van der Waals surface area contributed by atoms with E-state index in [-0.39, 0.29) is 23.7 Å². The van der Waals surface area contributed by atoms with Crippen molar-refractivity contribution in [2.24, 2.45) is 28.6 Å². The van der Waals surface area contributed by atoms with E-state index in [1.807, 2.05) is 0 Å². The van der Waals surface area contributed by atoms with Gasteiger partial charge in [0.15, 0.2) is 18.2 Å². The molecule has 2 saturated carbocycles. The third kappa shape index (κ3) is 2.27. The lowest BCUT2D eigenvalue weighted by Crippen LogP contribution is -2.67. The Hall–Kier alpha value is -1.04. The maximum Gasteiger partial charge on any atom is 0.196 e. The van der Waals surface area contributed by atoms with Crippen molar-refractivity contribution in [1.82, 2.24) is 0 Å². The lowest BCUT2D eigenvalue weighted by Gasteiger charge is -2.62. The Morgan fingerprint density at radius 1 is 1.38 bits per heavy atom. The first kappa shape index (κ1) is 21.2. The SMILES string of the molecule is CC1C[C@H]2[C@@H]3C=C(F)C4=CC(=O)C=C[C@]4(C)[C@@]3(Cl)C(Cl)C[C@]2(C)[C@@]1(O)C(=O)CF. The number of rotatable bonds is 2. The van der Waals surface area contributed by atoms with Gasteiger partial charge in [-0.2, -0.15) is 0 Å². The molecule has 158 valence electrons. The molecule has 1 N–H and O–H groups in total. The number of allylic oxidation sites excluding steroid dienone is 6. The van der Waals surface area contributed by atoms with Gasteiger partial charge in [-0.15, -0.1) is 23.2 Å². The summed E-state index contributed by atoms with van der Waals surface area (Å²) in [5, 5.41) is 10.6. The van der Waals surface area contributed by atoms with E-state index in [2.05, 4.69) is 0 Å². The summed E-state index contributed by atoms with van der Waals surface area (Å²) in [5.74, 6) is -3.22. The first-order valence-corrected chi connectivity index (χ1v) is 10.7. The third-order valence-corrected chi connectivity index (χ3v) is 9.86. The van der Waals surface area contributed by atoms with Crippen molar-refractivity contribution < 1.29 is 23.5 Å². The number of aliphatic hydroxyl groups is 1. The van der Waals surface area contributed by atoms with Gasteiger partial charge in [0.1, 0.15) is 11.4 Å². The van der Waals surface area contributed by atoms with E-state index in [1.54, 1.807) is 26.8 Å². The smallest absolute Gasteiger partial charge is 0.196 e. The Morgan fingerprint density at radius 2 is 2.03 bits per heavy atom. The molecule has 2 fully saturated rings. The first-order chi connectivity index (χ1) is 13.4. The zero-order chi connectivity index (χ0) is 21.6. The summed E-state index contributed by atoms with van der Waals surface area (Å²) in [7, 11) is 0. The van der Waals surface area contributed by atoms with Crippen molar-refractivity contribution in [2.75, 3.05) is 6.67 Å². The number of ketones is 2. The molecule has 0 bridgehead atoms.